The molecule has 20 heavy (non-hydrogen) atoms. The molecule has 0 unspecified atom stereocenters. The summed E-state index contributed by atoms with van der Waals surface area (Å²) in [7, 11) is 0. The first kappa shape index (κ1) is 14.8. The molecule has 0 spiro atoms. The molecule has 1 amide bonds. The van der Waals surface area contributed by atoms with Crippen molar-refractivity contribution in [2.75, 3.05) is 0 Å². The summed E-state index contributed by atoms with van der Waals surface area (Å²) in [6.07, 6.45) is 6.28. The first-order valence-corrected chi connectivity index (χ1v) is 7.12. The van der Waals surface area contributed by atoms with Gasteiger partial charge in [-0.15, -0.1) is 0 Å². The highest BCUT2D eigenvalue weighted by molar-refractivity contribution is 6.30. The number of carboxylic acid groups (broad SMARTS) is 1. The highest BCUT2D eigenvalue weighted by atomic mass is 35.5. The molecular weight excluding hydrogens is 282 g/mol. The summed E-state index contributed by atoms with van der Waals surface area (Å²) in [6.45, 7) is 0.489. The molecule has 0 radical (unpaired) electrons. The molecule has 2 N–H and O–H groups in total. The van der Waals surface area contributed by atoms with Crippen LogP contribution in [0.5, 0.6) is 0 Å². The molecule has 7 heteroatoms. The van der Waals surface area contributed by atoms with Gasteiger partial charge in [0.25, 0.3) is 0 Å². The van der Waals surface area contributed by atoms with Gasteiger partial charge in [0.1, 0.15) is 0 Å². The van der Waals surface area contributed by atoms with E-state index in [1.54, 1.807) is 10.9 Å². The van der Waals surface area contributed by atoms with E-state index in [0.29, 0.717) is 30.8 Å². The number of nitrogens with one attached hydrogen (secondary N) is 1. The van der Waals surface area contributed by atoms with Gasteiger partial charge in [0.15, 0.2) is 0 Å². The fourth-order valence-electron chi connectivity index (χ4n) is 2.46. The van der Waals surface area contributed by atoms with E-state index >= 15 is 0 Å². The van der Waals surface area contributed by atoms with Crippen molar-refractivity contribution < 1.29 is 14.7 Å². The lowest BCUT2D eigenvalue weighted by atomic mass is 9.86. The van der Waals surface area contributed by atoms with E-state index < -0.39 is 5.97 Å². The molecule has 1 aromatic heterocycles. The quantitative estimate of drug-likeness (QED) is 0.866. The van der Waals surface area contributed by atoms with Crippen LogP contribution in [0.1, 0.15) is 32.1 Å². The Bertz CT molecular complexity index is 481. The average molecular weight is 300 g/mol. The summed E-state index contributed by atoms with van der Waals surface area (Å²) in [6, 6.07) is 0.0966. The Labute approximate surface area is 122 Å². The van der Waals surface area contributed by atoms with Crippen molar-refractivity contribution in [3.8, 4) is 0 Å². The van der Waals surface area contributed by atoms with Gasteiger partial charge in [-0.25, -0.2) is 0 Å². The minimum absolute atomic E-state index is 0.0320. The van der Waals surface area contributed by atoms with Crippen molar-refractivity contribution in [2.24, 2.45) is 5.92 Å². The number of hydrogen-bond acceptors (Lipinski definition) is 3. The van der Waals surface area contributed by atoms with Gasteiger partial charge in [0, 0.05) is 25.2 Å². The van der Waals surface area contributed by atoms with Crippen molar-refractivity contribution in [1.29, 1.82) is 0 Å². The van der Waals surface area contributed by atoms with Crippen LogP contribution >= 0.6 is 11.6 Å². The predicted molar refractivity (Wildman–Crippen MR) is 73.4 cm³/mol. The zero-order valence-electron chi connectivity index (χ0n) is 11.1. The molecule has 1 aliphatic carbocycles. The van der Waals surface area contributed by atoms with E-state index in [4.69, 9.17) is 16.7 Å². The third kappa shape index (κ3) is 4.23. The van der Waals surface area contributed by atoms with Crippen molar-refractivity contribution in [3.63, 3.8) is 0 Å². The van der Waals surface area contributed by atoms with Crippen LogP contribution < -0.4 is 5.32 Å². The normalized spacial score (nSPS) is 22.4. The van der Waals surface area contributed by atoms with Crippen molar-refractivity contribution in [3.05, 3.63) is 17.4 Å². The number of carbonyl (C=O) groups is 2. The van der Waals surface area contributed by atoms with Crippen LogP contribution in [-0.4, -0.2) is 32.8 Å². The summed E-state index contributed by atoms with van der Waals surface area (Å²) in [5.74, 6) is -1.02. The molecule has 1 fully saturated rings. The molecule has 2 rings (SSSR count). The van der Waals surface area contributed by atoms with Crippen molar-refractivity contribution >= 4 is 23.5 Å². The first-order chi connectivity index (χ1) is 9.54. The molecule has 110 valence electrons. The molecule has 0 atom stereocenters. The van der Waals surface area contributed by atoms with Crippen LogP contribution in [0.3, 0.4) is 0 Å². The Morgan fingerprint density at radius 1 is 1.40 bits per heavy atom. The van der Waals surface area contributed by atoms with Gasteiger partial charge in [-0.2, -0.15) is 5.10 Å². The number of carbonyl (C=O) groups excluding carboxylic acids is 1. The Hall–Kier alpha value is -1.56. The minimum Gasteiger partial charge on any atom is -0.481 e. The third-order valence-corrected chi connectivity index (χ3v) is 3.81. The fraction of sp³-hybridized carbons (Fsp3) is 0.615. The van der Waals surface area contributed by atoms with E-state index in [-0.39, 0.29) is 17.9 Å². The maximum Gasteiger partial charge on any atom is 0.306 e. The lowest BCUT2D eigenvalue weighted by Crippen LogP contribution is -2.39. The zero-order chi connectivity index (χ0) is 14.5. The number of rotatable bonds is 5. The Morgan fingerprint density at radius 2 is 2.10 bits per heavy atom. The molecule has 1 saturated carbocycles. The first-order valence-electron chi connectivity index (χ1n) is 6.74. The van der Waals surface area contributed by atoms with E-state index in [2.05, 4.69) is 10.4 Å². The van der Waals surface area contributed by atoms with Gasteiger partial charge in [-0.3, -0.25) is 14.3 Å². The van der Waals surface area contributed by atoms with Crippen molar-refractivity contribution in [2.45, 2.75) is 44.7 Å². The highest BCUT2D eigenvalue weighted by Gasteiger charge is 2.26. The van der Waals surface area contributed by atoms with Gasteiger partial charge in [-0.05, 0) is 25.7 Å². The number of aryl methyl sites for hydroxylation is 1. The summed E-state index contributed by atoms with van der Waals surface area (Å²) in [5.41, 5.74) is 0. The van der Waals surface area contributed by atoms with E-state index in [0.717, 1.165) is 12.8 Å². The summed E-state index contributed by atoms with van der Waals surface area (Å²) in [5, 5.41) is 16.4. The number of hydrogen-bond donors (Lipinski definition) is 2. The van der Waals surface area contributed by atoms with E-state index in [1.165, 1.54) is 6.20 Å². The second-order valence-corrected chi connectivity index (χ2v) is 5.56. The van der Waals surface area contributed by atoms with Crippen LogP contribution in [0.2, 0.25) is 5.02 Å². The maximum absolute atomic E-state index is 11.8. The molecule has 0 aliphatic heterocycles. The fourth-order valence-corrected chi connectivity index (χ4v) is 2.62. The van der Waals surface area contributed by atoms with Crippen LogP contribution in [0.4, 0.5) is 0 Å². The van der Waals surface area contributed by atoms with Gasteiger partial charge in [-0.1, -0.05) is 11.6 Å². The number of aliphatic carboxylic acids is 1. The minimum atomic E-state index is -0.731. The molecule has 0 aromatic carbocycles. The van der Waals surface area contributed by atoms with Crippen LogP contribution in [0.25, 0.3) is 0 Å². The standard InChI is InChI=1S/C13H18ClN3O3/c14-10-7-15-17(8-10)6-5-12(18)16-11-3-1-9(2-4-11)13(19)20/h7-9,11H,1-6H2,(H,16,18)(H,19,20). The van der Waals surface area contributed by atoms with Gasteiger partial charge >= 0.3 is 5.97 Å². The molecule has 0 saturated heterocycles. The average Bonchev–Trinajstić information content (AvgIpc) is 2.83. The summed E-state index contributed by atoms with van der Waals surface area (Å²) < 4.78 is 1.63. The second kappa shape index (κ2) is 6.74. The number of halogens is 1. The van der Waals surface area contributed by atoms with Crippen LogP contribution in [0, 0.1) is 5.92 Å². The van der Waals surface area contributed by atoms with Crippen LogP contribution in [0.15, 0.2) is 12.4 Å². The monoisotopic (exact) mass is 299 g/mol. The predicted octanol–water partition coefficient (Wildman–Crippen LogP) is 1.69. The molecule has 1 aromatic rings. The smallest absolute Gasteiger partial charge is 0.306 e. The molecule has 0 bridgehead atoms. The van der Waals surface area contributed by atoms with Gasteiger partial charge in [0.05, 0.1) is 17.1 Å². The lowest BCUT2D eigenvalue weighted by Gasteiger charge is -2.26. The molecular formula is C13H18ClN3O3. The number of carboxylic acids is 1. The maximum atomic E-state index is 11.8. The Morgan fingerprint density at radius 3 is 2.65 bits per heavy atom. The topological polar surface area (TPSA) is 84.2 Å². The summed E-state index contributed by atoms with van der Waals surface area (Å²) in [4.78, 5) is 22.6. The van der Waals surface area contributed by atoms with Gasteiger partial charge < -0.3 is 10.4 Å². The Balaban J connectivity index is 1.69. The van der Waals surface area contributed by atoms with E-state index in [1.807, 2.05) is 0 Å². The number of amides is 1. The molecule has 1 aliphatic rings. The molecule has 1 heterocycles. The number of nitrogens with zero attached hydrogens (tertiary/aromatic N) is 2. The van der Waals surface area contributed by atoms with Crippen molar-refractivity contribution in [1.82, 2.24) is 15.1 Å². The largest absolute Gasteiger partial charge is 0.481 e. The summed E-state index contributed by atoms with van der Waals surface area (Å²) >= 11 is 5.74. The van der Waals surface area contributed by atoms with E-state index in [9.17, 15) is 9.59 Å². The third-order valence-electron chi connectivity index (χ3n) is 3.61. The second-order valence-electron chi connectivity index (χ2n) is 5.13. The Kier molecular flexibility index (Phi) is 5.00. The SMILES string of the molecule is O=C(CCn1cc(Cl)cn1)NC1CCC(C(=O)O)CC1. The van der Waals surface area contributed by atoms with Gasteiger partial charge in [0.2, 0.25) is 5.91 Å². The van der Waals surface area contributed by atoms with Crippen LogP contribution in [-0.2, 0) is 16.1 Å². The zero-order valence-corrected chi connectivity index (χ0v) is 11.8. The number of aromatic nitrogens is 2. The molecule has 6 nitrogen and oxygen atoms in total. The highest BCUT2D eigenvalue weighted by Crippen LogP contribution is 2.24. The lowest BCUT2D eigenvalue weighted by molar-refractivity contribution is -0.142.